The molecule has 0 N–H and O–H groups in total. The van der Waals surface area contributed by atoms with Gasteiger partial charge in [0, 0.05) is 17.1 Å². The highest BCUT2D eigenvalue weighted by atomic mass is 15.1. The number of nitrogens with zero attached hydrogens (tertiary/aromatic N) is 1. The number of fused-ring (bicyclic) bond motifs is 2. The van der Waals surface area contributed by atoms with E-state index in [0.29, 0.717) is 0 Å². The summed E-state index contributed by atoms with van der Waals surface area (Å²) in [4.78, 5) is 2.38. The molecule has 0 aliphatic heterocycles. The molecule has 0 aromatic heterocycles. The Hall–Kier alpha value is -7.48. The van der Waals surface area contributed by atoms with Crippen LogP contribution in [0, 0.1) is 0 Å². The van der Waals surface area contributed by atoms with Crippen LogP contribution in [-0.4, -0.2) is 0 Å². The molecule has 0 unspecified atom stereocenters. The molecule has 0 saturated heterocycles. The summed E-state index contributed by atoms with van der Waals surface area (Å²) in [5, 5.41) is 4.98. The first-order valence-electron chi connectivity index (χ1n) is 19.6. The summed E-state index contributed by atoms with van der Waals surface area (Å²) >= 11 is 0. The number of hydrogen-bond donors (Lipinski definition) is 0. The Kier molecular flexibility index (Phi) is 8.95. The molecule has 1 nitrogen and oxygen atoms in total. The number of anilines is 3. The molecule has 1 heteroatoms. The van der Waals surface area contributed by atoms with Gasteiger partial charge < -0.3 is 4.90 Å². The molecular formula is C56H39N. The molecule has 57 heavy (non-hydrogen) atoms. The predicted octanol–water partition coefficient (Wildman–Crippen LogP) is 15.8. The van der Waals surface area contributed by atoms with Crippen LogP contribution in [0.1, 0.15) is 0 Å². The van der Waals surface area contributed by atoms with Crippen LogP contribution in [-0.2, 0) is 0 Å². The molecule has 0 saturated carbocycles. The zero-order valence-electron chi connectivity index (χ0n) is 31.5. The van der Waals surface area contributed by atoms with Gasteiger partial charge in [-0.25, -0.2) is 0 Å². The van der Waals surface area contributed by atoms with Crippen LogP contribution >= 0.6 is 0 Å². The highest BCUT2D eigenvalue weighted by molar-refractivity contribution is 6.14. The van der Waals surface area contributed by atoms with Crippen LogP contribution in [0.4, 0.5) is 17.1 Å². The molecule has 10 aromatic carbocycles. The van der Waals surface area contributed by atoms with Gasteiger partial charge in [0.2, 0.25) is 0 Å². The van der Waals surface area contributed by atoms with Gasteiger partial charge in [-0.05, 0) is 120 Å². The van der Waals surface area contributed by atoms with Crippen LogP contribution < -0.4 is 4.90 Å². The van der Waals surface area contributed by atoms with Crippen LogP contribution in [0.25, 0.3) is 77.2 Å². The fourth-order valence-corrected chi connectivity index (χ4v) is 8.22. The maximum absolute atomic E-state index is 2.38. The molecule has 0 atom stereocenters. The van der Waals surface area contributed by atoms with Crippen molar-refractivity contribution in [2.45, 2.75) is 0 Å². The Morgan fingerprint density at radius 3 is 1.04 bits per heavy atom. The SMILES string of the molecule is c1ccc(-c2ccc(-c3ccc(N(c4ccc(-c5ccccc5)cc4)c4ccc(-c5c6ccccc6cc6ccccc56)c(-c5ccccc5)c4)cc3)cc2)cc1. The second-order valence-corrected chi connectivity index (χ2v) is 14.5. The third-order valence-electron chi connectivity index (χ3n) is 11.1. The summed E-state index contributed by atoms with van der Waals surface area (Å²) in [5.41, 5.74) is 15.3. The molecule has 0 radical (unpaired) electrons. The quantitative estimate of drug-likeness (QED) is 0.141. The number of benzene rings is 10. The van der Waals surface area contributed by atoms with E-state index in [1.165, 1.54) is 77.2 Å². The van der Waals surface area contributed by atoms with Gasteiger partial charge in [0.05, 0.1) is 0 Å². The molecule has 0 bridgehead atoms. The monoisotopic (exact) mass is 725 g/mol. The van der Waals surface area contributed by atoms with Crippen molar-refractivity contribution in [3.05, 3.63) is 237 Å². The normalized spacial score (nSPS) is 11.2. The van der Waals surface area contributed by atoms with Crippen LogP contribution in [0.15, 0.2) is 237 Å². The molecule has 268 valence electrons. The fraction of sp³-hybridized carbons (Fsp3) is 0. The van der Waals surface area contributed by atoms with Gasteiger partial charge in [0.1, 0.15) is 0 Å². The van der Waals surface area contributed by atoms with Gasteiger partial charge in [-0.2, -0.15) is 0 Å². The first-order valence-corrected chi connectivity index (χ1v) is 19.6. The lowest BCUT2D eigenvalue weighted by molar-refractivity contribution is 1.28. The smallest absolute Gasteiger partial charge is 0.0468 e. The minimum absolute atomic E-state index is 1.09. The molecule has 10 aromatic rings. The largest absolute Gasteiger partial charge is 0.310 e. The predicted molar refractivity (Wildman–Crippen MR) is 243 cm³/mol. The van der Waals surface area contributed by atoms with Crippen LogP contribution in [0.2, 0.25) is 0 Å². The lowest BCUT2D eigenvalue weighted by Gasteiger charge is -2.27. The molecule has 0 heterocycles. The Morgan fingerprint density at radius 1 is 0.228 bits per heavy atom. The van der Waals surface area contributed by atoms with E-state index in [4.69, 9.17) is 0 Å². The lowest BCUT2D eigenvalue weighted by atomic mass is 9.87. The van der Waals surface area contributed by atoms with Crippen molar-refractivity contribution in [1.29, 1.82) is 0 Å². The first kappa shape index (κ1) is 34.0. The van der Waals surface area contributed by atoms with E-state index in [9.17, 15) is 0 Å². The van der Waals surface area contributed by atoms with E-state index in [1.807, 2.05) is 0 Å². The maximum Gasteiger partial charge on any atom is 0.0468 e. The van der Waals surface area contributed by atoms with Crippen molar-refractivity contribution in [2.75, 3.05) is 4.90 Å². The van der Waals surface area contributed by atoms with E-state index in [2.05, 4.69) is 241 Å². The van der Waals surface area contributed by atoms with E-state index >= 15 is 0 Å². The molecule has 10 rings (SSSR count). The topological polar surface area (TPSA) is 3.24 Å². The fourth-order valence-electron chi connectivity index (χ4n) is 8.22. The average molecular weight is 726 g/mol. The zero-order chi connectivity index (χ0) is 38.0. The average Bonchev–Trinajstić information content (AvgIpc) is 3.30. The van der Waals surface area contributed by atoms with E-state index in [1.54, 1.807) is 0 Å². The van der Waals surface area contributed by atoms with Crippen molar-refractivity contribution in [1.82, 2.24) is 0 Å². The molecule has 0 aliphatic carbocycles. The third kappa shape index (κ3) is 6.66. The van der Waals surface area contributed by atoms with Crippen molar-refractivity contribution < 1.29 is 0 Å². The van der Waals surface area contributed by atoms with E-state index < -0.39 is 0 Å². The summed E-state index contributed by atoms with van der Waals surface area (Å²) in [6, 6.07) is 85.6. The molecule has 0 fully saturated rings. The van der Waals surface area contributed by atoms with Crippen molar-refractivity contribution in [3.8, 4) is 55.6 Å². The van der Waals surface area contributed by atoms with Crippen LogP contribution in [0.5, 0.6) is 0 Å². The van der Waals surface area contributed by atoms with Gasteiger partial charge in [-0.1, -0.05) is 194 Å². The zero-order valence-corrected chi connectivity index (χ0v) is 31.5. The minimum Gasteiger partial charge on any atom is -0.310 e. The Bertz CT molecular complexity index is 2900. The van der Waals surface area contributed by atoms with Gasteiger partial charge in [0.15, 0.2) is 0 Å². The third-order valence-corrected chi connectivity index (χ3v) is 11.1. The van der Waals surface area contributed by atoms with Gasteiger partial charge in [-0.15, -0.1) is 0 Å². The summed E-state index contributed by atoms with van der Waals surface area (Å²) in [6.45, 7) is 0. The van der Waals surface area contributed by atoms with Crippen LogP contribution in [0.3, 0.4) is 0 Å². The van der Waals surface area contributed by atoms with Gasteiger partial charge in [0.25, 0.3) is 0 Å². The molecule has 0 amide bonds. The highest BCUT2D eigenvalue weighted by Crippen LogP contribution is 2.45. The molecular weight excluding hydrogens is 687 g/mol. The molecule has 0 aliphatic rings. The number of hydrogen-bond acceptors (Lipinski definition) is 1. The van der Waals surface area contributed by atoms with Crippen molar-refractivity contribution >= 4 is 38.6 Å². The van der Waals surface area contributed by atoms with Gasteiger partial charge >= 0.3 is 0 Å². The Labute approximate surface area is 334 Å². The second-order valence-electron chi connectivity index (χ2n) is 14.5. The standard InChI is InChI=1S/C56H39N/c1-4-14-40(15-5-1)42-24-26-43(27-25-42)45-30-34-50(35-31-45)57(49-32-28-44(29-33-49)41-16-6-2-7-17-41)51-36-37-54(55(39-51)46-18-8-3-9-19-46)56-52-22-12-10-20-47(52)38-48-21-11-13-23-53(48)56/h1-39H. The first-order chi connectivity index (χ1) is 28.3. The van der Waals surface area contributed by atoms with E-state index in [0.717, 1.165) is 17.1 Å². The van der Waals surface area contributed by atoms with E-state index in [-0.39, 0.29) is 0 Å². The van der Waals surface area contributed by atoms with Crippen molar-refractivity contribution in [2.24, 2.45) is 0 Å². The summed E-state index contributed by atoms with van der Waals surface area (Å²) < 4.78 is 0. The minimum atomic E-state index is 1.09. The number of rotatable bonds is 8. The summed E-state index contributed by atoms with van der Waals surface area (Å²) in [6.07, 6.45) is 0. The lowest BCUT2D eigenvalue weighted by Crippen LogP contribution is -2.10. The summed E-state index contributed by atoms with van der Waals surface area (Å²) in [5.74, 6) is 0. The molecule has 0 spiro atoms. The maximum atomic E-state index is 2.38. The van der Waals surface area contributed by atoms with Crippen molar-refractivity contribution in [3.63, 3.8) is 0 Å². The Balaban J connectivity index is 1.12. The summed E-state index contributed by atoms with van der Waals surface area (Å²) in [7, 11) is 0. The second kappa shape index (κ2) is 15.0. The Morgan fingerprint density at radius 2 is 0.579 bits per heavy atom. The van der Waals surface area contributed by atoms with Gasteiger partial charge in [-0.3, -0.25) is 0 Å². The highest BCUT2D eigenvalue weighted by Gasteiger charge is 2.19.